The molecule has 0 spiro atoms. The molecule has 4 aliphatic rings. The Morgan fingerprint density at radius 2 is 1.65 bits per heavy atom. The predicted molar refractivity (Wildman–Crippen MR) is 69.6 cm³/mol. The van der Waals surface area contributed by atoms with Gasteiger partial charge in [-0.05, 0) is 74.5 Å². The van der Waals surface area contributed by atoms with Gasteiger partial charge in [-0.15, -0.1) is 0 Å². The molecule has 0 saturated heterocycles. The smallest absolute Gasteiger partial charge is 0.0462 e. The first-order valence-electron chi connectivity index (χ1n) is 7.52. The molecular formula is C15H27NO. The summed E-state index contributed by atoms with van der Waals surface area (Å²) in [6.45, 7) is 0.876. The average Bonchev–Trinajstić information content (AvgIpc) is 2.27. The molecule has 0 aromatic carbocycles. The van der Waals surface area contributed by atoms with Gasteiger partial charge in [-0.25, -0.2) is 0 Å². The van der Waals surface area contributed by atoms with Gasteiger partial charge in [-0.3, -0.25) is 0 Å². The molecular weight excluding hydrogens is 210 g/mol. The molecule has 4 rings (SSSR count). The molecule has 2 heteroatoms. The molecule has 4 aliphatic carbocycles. The zero-order chi connectivity index (χ0) is 11.8. The molecule has 2 N–H and O–H groups in total. The van der Waals surface area contributed by atoms with Crippen LogP contribution < -0.4 is 5.73 Å². The summed E-state index contributed by atoms with van der Waals surface area (Å²) in [6.07, 6.45) is 9.83. The minimum absolute atomic E-state index is 0.445. The summed E-state index contributed by atoms with van der Waals surface area (Å²) < 4.78 is 5.14. The first kappa shape index (κ1) is 12.0. The van der Waals surface area contributed by atoms with Gasteiger partial charge in [0, 0.05) is 19.8 Å². The number of methoxy groups -OCH3 is 1. The molecule has 0 aromatic rings. The summed E-state index contributed by atoms with van der Waals surface area (Å²) in [5, 5.41) is 0. The van der Waals surface area contributed by atoms with Crippen LogP contribution in [0.3, 0.4) is 0 Å². The molecule has 0 aliphatic heterocycles. The van der Waals surface area contributed by atoms with Gasteiger partial charge in [0.15, 0.2) is 0 Å². The maximum Gasteiger partial charge on any atom is 0.0462 e. The third-order valence-electron chi connectivity index (χ3n) is 5.68. The van der Waals surface area contributed by atoms with Crippen LogP contribution >= 0.6 is 0 Å². The minimum Gasteiger partial charge on any atom is -0.385 e. The van der Waals surface area contributed by atoms with E-state index in [1.165, 1.54) is 32.1 Å². The van der Waals surface area contributed by atoms with Crippen LogP contribution in [0.15, 0.2) is 0 Å². The van der Waals surface area contributed by atoms with Crippen molar-refractivity contribution in [3.05, 3.63) is 0 Å². The molecule has 17 heavy (non-hydrogen) atoms. The molecule has 0 heterocycles. The Morgan fingerprint density at radius 3 is 2.18 bits per heavy atom. The molecule has 1 unspecified atom stereocenters. The Bertz CT molecular complexity index is 238. The van der Waals surface area contributed by atoms with Gasteiger partial charge in [0.2, 0.25) is 0 Å². The van der Waals surface area contributed by atoms with Crippen LogP contribution in [-0.2, 0) is 4.74 Å². The highest BCUT2D eigenvalue weighted by Crippen LogP contribution is 2.57. The Labute approximate surface area is 105 Å². The summed E-state index contributed by atoms with van der Waals surface area (Å²) in [5.41, 5.74) is 6.48. The number of nitrogens with two attached hydrogens (primary N) is 1. The topological polar surface area (TPSA) is 35.2 Å². The fraction of sp³-hybridized carbons (Fsp3) is 1.00. The highest BCUT2D eigenvalue weighted by atomic mass is 16.5. The van der Waals surface area contributed by atoms with E-state index in [0.29, 0.717) is 6.04 Å². The lowest BCUT2D eigenvalue weighted by Gasteiger charge is -2.56. The van der Waals surface area contributed by atoms with Gasteiger partial charge >= 0.3 is 0 Å². The van der Waals surface area contributed by atoms with Crippen molar-refractivity contribution in [3.8, 4) is 0 Å². The molecule has 0 radical (unpaired) electrons. The molecule has 4 fully saturated rings. The third kappa shape index (κ3) is 2.26. The van der Waals surface area contributed by atoms with E-state index >= 15 is 0 Å². The van der Waals surface area contributed by atoms with Crippen molar-refractivity contribution in [1.29, 1.82) is 0 Å². The lowest BCUT2D eigenvalue weighted by molar-refractivity contribution is -0.0482. The molecule has 2 nitrogen and oxygen atoms in total. The van der Waals surface area contributed by atoms with Crippen molar-refractivity contribution in [2.75, 3.05) is 13.7 Å². The maximum absolute atomic E-state index is 6.48. The van der Waals surface area contributed by atoms with E-state index in [2.05, 4.69) is 0 Å². The SMILES string of the molecule is COCCCC(N)C1C2CC3CC(C2)CC1C3. The molecule has 1 atom stereocenters. The number of hydrogen-bond acceptors (Lipinski definition) is 2. The van der Waals surface area contributed by atoms with Crippen molar-refractivity contribution in [3.63, 3.8) is 0 Å². The van der Waals surface area contributed by atoms with Crippen LogP contribution in [-0.4, -0.2) is 19.8 Å². The average molecular weight is 237 g/mol. The fourth-order valence-corrected chi connectivity index (χ4v) is 5.32. The Hall–Kier alpha value is -0.0800. The lowest BCUT2D eigenvalue weighted by Crippen LogP contribution is -2.51. The van der Waals surface area contributed by atoms with E-state index in [0.717, 1.165) is 42.6 Å². The van der Waals surface area contributed by atoms with Crippen molar-refractivity contribution < 1.29 is 4.74 Å². The second-order valence-electron chi connectivity index (χ2n) is 6.81. The highest BCUT2D eigenvalue weighted by Gasteiger charge is 2.49. The lowest BCUT2D eigenvalue weighted by atomic mass is 9.50. The number of hydrogen-bond donors (Lipinski definition) is 1. The summed E-state index contributed by atoms with van der Waals surface area (Å²) >= 11 is 0. The normalized spacial score (nSPS) is 45.2. The van der Waals surface area contributed by atoms with Crippen LogP contribution in [0.2, 0.25) is 0 Å². The Morgan fingerprint density at radius 1 is 1.06 bits per heavy atom. The van der Waals surface area contributed by atoms with Gasteiger partial charge in [-0.1, -0.05) is 0 Å². The molecule has 4 saturated carbocycles. The van der Waals surface area contributed by atoms with E-state index in [4.69, 9.17) is 10.5 Å². The summed E-state index contributed by atoms with van der Waals surface area (Å²) in [5.74, 6) is 4.94. The zero-order valence-corrected chi connectivity index (χ0v) is 11.1. The Balaban J connectivity index is 1.59. The largest absolute Gasteiger partial charge is 0.385 e. The van der Waals surface area contributed by atoms with Crippen LogP contribution in [0.4, 0.5) is 0 Å². The van der Waals surface area contributed by atoms with Crippen LogP contribution in [0, 0.1) is 29.6 Å². The van der Waals surface area contributed by atoms with Gasteiger partial charge in [-0.2, -0.15) is 0 Å². The maximum atomic E-state index is 6.48. The zero-order valence-electron chi connectivity index (χ0n) is 11.1. The van der Waals surface area contributed by atoms with Crippen LogP contribution in [0.25, 0.3) is 0 Å². The van der Waals surface area contributed by atoms with Gasteiger partial charge < -0.3 is 10.5 Å². The van der Waals surface area contributed by atoms with E-state index in [9.17, 15) is 0 Å². The molecule has 4 bridgehead atoms. The summed E-state index contributed by atoms with van der Waals surface area (Å²) in [7, 11) is 1.79. The third-order valence-corrected chi connectivity index (χ3v) is 5.68. The molecule has 0 aromatic heterocycles. The monoisotopic (exact) mass is 237 g/mol. The van der Waals surface area contributed by atoms with Gasteiger partial charge in [0.25, 0.3) is 0 Å². The fourth-order valence-electron chi connectivity index (χ4n) is 5.32. The first-order valence-corrected chi connectivity index (χ1v) is 7.52. The quantitative estimate of drug-likeness (QED) is 0.746. The second kappa shape index (κ2) is 4.89. The molecule has 0 amide bonds. The van der Waals surface area contributed by atoms with E-state index in [1.807, 2.05) is 0 Å². The highest BCUT2D eigenvalue weighted by molar-refractivity contribution is 5.00. The van der Waals surface area contributed by atoms with Gasteiger partial charge in [0.05, 0.1) is 0 Å². The van der Waals surface area contributed by atoms with E-state index in [-0.39, 0.29) is 0 Å². The number of rotatable bonds is 5. The summed E-state index contributed by atoms with van der Waals surface area (Å²) in [4.78, 5) is 0. The van der Waals surface area contributed by atoms with Crippen LogP contribution in [0.1, 0.15) is 44.9 Å². The van der Waals surface area contributed by atoms with Crippen molar-refractivity contribution in [2.45, 2.75) is 51.0 Å². The Kier molecular flexibility index (Phi) is 3.45. The van der Waals surface area contributed by atoms with Crippen molar-refractivity contribution in [1.82, 2.24) is 0 Å². The van der Waals surface area contributed by atoms with Crippen molar-refractivity contribution >= 4 is 0 Å². The molecule has 98 valence electrons. The second-order valence-corrected chi connectivity index (χ2v) is 6.81. The summed E-state index contributed by atoms with van der Waals surface area (Å²) in [6, 6.07) is 0.445. The predicted octanol–water partition coefficient (Wildman–Crippen LogP) is 2.81. The minimum atomic E-state index is 0.445. The van der Waals surface area contributed by atoms with Crippen molar-refractivity contribution in [2.24, 2.45) is 35.3 Å². The number of ether oxygens (including phenoxy) is 1. The van der Waals surface area contributed by atoms with Gasteiger partial charge in [0.1, 0.15) is 0 Å². The van der Waals surface area contributed by atoms with E-state index < -0.39 is 0 Å². The van der Waals surface area contributed by atoms with E-state index in [1.54, 1.807) is 13.5 Å². The standard InChI is InChI=1S/C15H27NO/c1-17-4-2-3-14(16)15-12-6-10-5-11(8-12)9-13(15)7-10/h10-15H,2-9,16H2,1H3. The van der Waals surface area contributed by atoms with Crippen LogP contribution in [0.5, 0.6) is 0 Å². The first-order chi connectivity index (χ1) is 8.28.